The fourth-order valence-electron chi connectivity index (χ4n) is 2.95. The van der Waals surface area contributed by atoms with Gasteiger partial charge in [-0.05, 0) is 63.2 Å². The van der Waals surface area contributed by atoms with Gasteiger partial charge in [-0.25, -0.2) is 4.98 Å². The molecule has 0 atom stereocenters. The molecule has 0 bridgehead atoms. The molecule has 0 aliphatic carbocycles. The second-order valence-electron chi connectivity index (χ2n) is 6.16. The minimum Gasteiger partial charge on any atom is -0.492 e. The third-order valence-electron chi connectivity index (χ3n) is 4.36. The van der Waals surface area contributed by atoms with Gasteiger partial charge in [-0.1, -0.05) is 12.1 Å². The number of para-hydroxylation sites is 2. The molecule has 0 spiro atoms. The maximum Gasteiger partial charge on any atom is 0.229 e. The van der Waals surface area contributed by atoms with Gasteiger partial charge in [0.15, 0.2) is 0 Å². The molecule has 0 saturated heterocycles. The van der Waals surface area contributed by atoms with E-state index in [1.807, 2.05) is 49.4 Å². The van der Waals surface area contributed by atoms with E-state index in [0.29, 0.717) is 18.4 Å². The predicted octanol–water partition coefficient (Wildman–Crippen LogP) is 5.21. The zero-order valence-electron chi connectivity index (χ0n) is 16.6. The third-order valence-corrected chi connectivity index (χ3v) is 4.36. The molecule has 3 aromatic rings. The molecule has 1 heterocycles. The molecular formula is C22H27N5O. The topological polar surface area (TPSA) is 62.3 Å². The van der Waals surface area contributed by atoms with E-state index in [-0.39, 0.29) is 0 Å². The number of ether oxygens (including phenoxy) is 1. The molecule has 2 N–H and O–H groups in total. The Morgan fingerprint density at radius 3 is 2.36 bits per heavy atom. The van der Waals surface area contributed by atoms with Crippen molar-refractivity contribution in [2.45, 2.75) is 20.8 Å². The fraction of sp³-hybridized carbons (Fsp3) is 0.273. The average Bonchev–Trinajstić information content (AvgIpc) is 2.72. The predicted molar refractivity (Wildman–Crippen MR) is 116 cm³/mol. The number of rotatable bonds is 9. The van der Waals surface area contributed by atoms with Crippen LogP contribution < -0.4 is 20.3 Å². The van der Waals surface area contributed by atoms with E-state index >= 15 is 0 Å². The Hall–Kier alpha value is -3.28. The number of aromatic nitrogens is 2. The van der Waals surface area contributed by atoms with Crippen LogP contribution in [0.15, 0.2) is 60.8 Å². The first-order chi connectivity index (χ1) is 13.7. The molecule has 0 aliphatic rings. The van der Waals surface area contributed by atoms with Crippen LogP contribution in [-0.2, 0) is 0 Å². The average molecular weight is 377 g/mol. The number of hydrogen-bond donors (Lipinski definition) is 2. The molecule has 6 heteroatoms. The lowest BCUT2D eigenvalue weighted by molar-refractivity contribution is 0.342. The highest BCUT2D eigenvalue weighted by Crippen LogP contribution is 2.27. The van der Waals surface area contributed by atoms with Crippen LogP contribution in [-0.4, -0.2) is 29.7 Å². The Morgan fingerprint density at radius 1 is 0.893 bits per heavy atom. The first-order valence-corrected chi connectivity index (χ1v) is 9.67. The smallest absolute Gasteiger partial charge is 0.229 e. The van der Waals surface area contributed by atoms with Gasteiger partial charge in [-0.2, -0.15) is 4.98 Å². The summed E-state index contributed by atoms with van der Waals surface area (Å²) < 4.78 is 5.66. The Kier molecular flexibility index (Phi) is 6.68. The van der Waals surface area contributed by atoms with Gasteiger partial charge in [0.1, 0.15) is 11.6 Å². The lowest BCUT2D eigenvalue weighted by Gasteiger charge is -2.21. The molecular weight excluding hydrogens is 350 g/mol. The first-order valence-electron chi connectivity index (χ1n) is 9.67. The van der Waals surface area contributed by atoms with Gasteiger partial charge in [0.05, 0.1) is 12.3 Å². The highest BCUT2D eigenvalue weighted by molar-refractivity contribution is 5.65. The van der Waals surface area contributed by atoms with Crippen LogP contribution >= 0.6 is 0 Å². The monoisotopic (exact) mass is 377 g/mol. The normalized spacial score (nSPS) is 10.4. The molecule has 6 nitrogen and oxygen atoms in total. The highest BCUT2D eigenvalue weighted by Gasteiger charge is 2.06. The van der Waals surface area contributed by atoms with Crippen molar-refractivity contribution in [2.75, 3.05) is 35.2 Å². The molecule has 3 rings (SSSR count). The summed E-state index contributed by atoms with van der Waals surface area (Å²) in [5.41, 5.74) is 3.03. The summed E-state index contributed by atoms with van der Waals surface area (Å²) in [5.74, 6) is 2.03. The van der Waals surface area contributed by atoms with Gasteiger partial charge in [-0.15, -0.1) is 0 Å². The minimum absolute atomic E-state index is 0.537. The summed E-state index contributed by atoms with van der Waals surface area (Å²) in [5, 5.41) is 6.56. The number of hydrogen-bond acceptors (Lipinski definition) is 6. The van der Waals surface area contributed by atoms with Crippen LogP contribution in [0.25, 0.3) is 0 Å². The van der Waals surface area contributed by atoms with Gasteiger partial charge < -0.3 is 20.3 Å². The number of nitrogens with one attached hydrogen (secondary N) is 2. The zero-order chi connectivity index (χ0) is 19.8. The molecule has 28 heavy (non-hydrogen) atoms. The molecule has 0 unspecified atom stereocenters. The van der Waals surface area contributed by atoms with E-state index in [4.69, 9.17) is 4.74 Å². The Labute approximate surface area is 166 Å². The van der Waals surface area contributed by atoms with E-state index in [9.17, 15) is 0 Å². The first kappa shape index (κ1) is 19.5. The number of anilines is 5. The lowest BCUT2D eigenvalue weighted by Crippen LogP contribution is -2.21. The van der Waals surface area contributed by atoms with E-state index in [0.717, 1.165) is 30.2 Å². The van der Waals surface area contributed by atoms with Crippen LogP contribution in [0.1, 0.15) is 20.8 Å². The Bertz CT molecular complexity index is 878. The van der Waals surface area contributed by atoms with Gasteiger partial charge in [0, 0.05) is 30.7 Å². The molecule has 0 amide bonds. The maximum atomic E-state index is 5.66. The van der Waals surface area contributed by atoms with Gasteiger partial charge in [0.2, 0.25) is 5.95 Å². The lowest BCUT2D eigenvalue weighted by atomic mass is 10.2. The van der Waals surface area contributed by atoms with Crippen LogP contribution in [0.5, 0.6) is 5.75 Å². The third kappa shape index (κ3) is 4.91. The molecule has 146 valence electrons. The summed E-state index contributed by atoms with van der Waals surface area (Å²) in [4.78, 5) is 11.2. The summed E-state index contributed by atoms with van der Waals surface area (Å²) in [6.45, 7) is 8.87. The minimum atomic E-state index is 0.537. The van der Waals surface area contributed by atoms with Crippen molar-refractivity contribution < 1.29 is 4.74 Å². The molecule has 0 aliphatic heterocycles. The van der Waals surface area contributed by atoms with Crippen LogP contribution in [0.3, 0.4) is 0 Å². The van der Waals surface area contributed by atoms with Gasteiger partial charge in [-0.3, -0.25) is 0 Å². The second kappa shape index (κ2) is 9.60. The van der Waals surface area contributed by atoms with Crippen molar-refractivity contribution in [3.8, 4) is 5.75 Å². The van der Waals surface area contributed by atoms with E-state index in [2.05, 4.69) is 51.5 Å². The fourth-order valence-corrected chi connectivity index (χ4v) is 2.95. The number of nitrogens with zero attached hydrogens (tertiary/aromatic N) is 3. The Morgan fingerprint density at radius 2 is 1.64 bits per heavy atom. The van der Waals surface area contributed by atoms with Crippen molar-refractivity contribution in [2.24, 2.45) is 0 Å². The van der Waals surface area contributed by atoms with Crippen molar-refractivity contribution in [3.05, 3.63) is 60.8 Å². The molecule has 0 saturated carbocycles. The zero-order valence-corrected chi connectivity index (χ0v) is 16.6. The van der Waals surface area contributed by atoms with Crippen LogP contribution in [0.2, 0.25) is 0 Å². The summed E-state index contributed by atoms with van der Waals surface area (Å²) in [6.07, 6.45) is 1.73. The van der Waals surface area contributed by atoms with Crippen molar-refractivity contribution in [3.63, 3.8) is 0 Å². The summed E-state index contributed by atoms with van der Waals surface area (Å²) >= 11 is 0. The van der Waals surface area contributed by atoms with Crippen LogP contribution in [0.4, 0.5) is 28.8 Å². The van der Waals surface area contributed by atoms with Crippen LogP contribution in [0, 0.1) is 0 Å². The quantitative estimate of drug-likeness (QED) is 0.534. The van der Waals surface area contributed by atoms with Crippen molar-refractivity contribution in [1.29, 1.82) is 0 Å². The summed E-state index contributed by atoms with van der Waals surface area (Å²) in [6, 6.07) is 17.9. The van der Waals surface area contributed by atoms with Gasteiger partial charge >= 0.3 is 0 Å². The standard InChI is InChI=1S/C22H27N5O/c1-4-27(5-2)18-13-11-17(12-14-18)24-22-23-16-15-21(26-22)25-19-9-7-8-10-20(19)28-6-3/h7-16H,4-6H2,1-3H3,(H2,23,24,25,26). The van der Waals surface area contributed by atoms with Crippen molar-refractivity contribution >= 4 is 28.8 Å². The highest BCUT2D eigenvalue weighted by atomic mass is 16.5. The molecule has 1 aromatic heterocycles. The van der Waals surface area contributed by atoms with Crippen molar-refractivity contribution in [1.82, 2.24) is 9.97 Å². The maximum absolute atomic E-state index is 5.66. The summed E-state index contributed by atoms with van der Waals surface area (Å²) in [7, 11) is 0. The largest absolute Gasteiger partial charge is 0.492 e. The molecule has 2 aromatic carbocycles. The van der Waals surface area contributed by atoms with E-state index in [1.54, 1.807) is 6.20 Å². The molecule has 0 radical (unpaired) electrons. The second-order valence-corrected chi connectivity index (χ2v) is 6.16. The molecule has 0 fully saturated rings. The SMILES string of the molecule is CCOc1ccccc1Nc1ccnc(Nc2ccc(N(CC)CC)cc2)n1. The van der Waals surface area contributed by atoms with Gasteiger partial charge in [0.25, 0.3) is 0 Å². The number of benzene rings is 2. The van der Waals surface area contributed by atoms with E-state index < -0.39 is 0 Å². The Balaban J connectivity index is 1.72. The van der Waals surface area contributed by atoms with E-state index in [1.165, 1.54) is 5.69 Å².